The smallest absolute Gasteiger partial charge is 0.243 e. The Bertz CT molecular complexity index is 502. The van der Waals surface area contributed by atoms with Crippen LogP contribution in [0.1, 0.15) is 18.7 Å². The van der Waals surface area contributed by atoms with Crippen molar-refractivity contribution >= 4 is 34.4 Å². The van der Waals surface area contributed by atoms with Gasteiger partial charge in [0.1, 0.15) is 0 Å². The van der Waals surface area contributed by atoms with Crippen LogP contribution in [0, 0.1) is 0 Å². The molecule has 1 aromatic carbocycles. The molecular formula is C11H10ClN3OS. The van der Waals surface area contributed by atoms with E-state index < -0.39 is 0 Å². The molecule has 0 spiro atoms. The molecule has 0 radical (unpaired) electrons. The first-order chi connectivity index (χ1) is 8.16. The van der Waals surface area contributed by atoms with Crippen LogP contribution in [0.5, 0.6) is 0 Å². The number of hydrogen-bond acceptors (Lipinski definition) is 4. The van der Waals surface area contributed by atoms with Gasteiger partial charge >= 0.3 is 0 Å². The molecule has 88 valence electrons. The summed E-state index contributed by atoms with van der Waals surface area (Å²) in [5, 5.41) is 5.57. The van der Waals surface area contributed by atoms with E-state index in [4.69, 9.17) is 11.6 Å². The van der Waals surface area contributed by atoms with Gasteiger partial charge in [-0.25, -0.2) is 0 Å². The van der Waals surface area contributed by atoms with Crippen molar-refractivity contribution in [3.63, 3.8) is 0 Å². The molecule has 1 fully saturated rings. The molecule has 1 N–H and O–H groups in total. The fourth-order valence-electron chi connectivity index (χ4n) is 1.92. The molecule has 2 aliphatic rings. The number of carbonyl (C=O) groups is 1. The van der Waals surface area contributed by atoms with Gasteiger partial charge < -0.3 is 0 Å². The van der Waals surface area contributed by atoms with Crippen LogP contribution in [0.15, 0.2) is 29.4 Å². The molecule has 17 heavy (non-hydrogen) atoms. The second-order valence-electron chi connectivity index (χ2n) is 3.95. The summed E-state index contributed by atoms with van der Waals surface area (Å²) in [5.74, 6) is 0.0960. The Morgan fingerprint density at radius 1 is 1.41 bits per heavy atom. The average Bonchev–Trinajstić information content (AvgIpc) is 2.83. The standard InChI is InChI=1S/C11H10ClN3OS/c1-6-10(16)15-9(13-14-11(15)17-6)7-2-4-8(12)5-3-7/h2-6,9,13H,1H3. The van der Waals surface area contributed by atoms with Gasteiger partial charge in [-0.1, -0.05) is 35.5 Å². The number of rotatable bonds is 1. The fourth-order valence-corrected chi connectivity index (χ4v) is 2.99. The van der Waals surface area contributed by atoms with E-state index in [1.165, 1.54) is 11.8 Å². The van der Waals surface area contributed by atoms with Gasteiger partial charge in [-0.05, 0) is 24.6 Å². The summed E-state index contributed by atoms with van der Waals surface area (Å²) in [6.07, 6.45) is -0.202. The van der Waals surface area contributed by atoms with Crippen LogP contribution in [0.4, 0.5) is 0 Å². The Morgan fingerprint density at radius 3 is 2.82 bits per heavy atom. The lowest BCUT2D eigenvalue weighted by Gasteiger charge is -2.20. The molecule has 2 unspecified atom stereocenters. The first kappa shape index (κ1) is 10.9. The zero-order valence-corrected chi connectivity index (χ0v) is 10.6. The van der Waals surface area contributed by atoms with Crippen molar-refractivity contribution in [1.82, 2.24) is 10.3 Å². The van der Waals surface area contributed by atoms with E-state index in [9.17, 15) is 4.79 Å². The van der Waals surface area contributed by atoms with Crippen molar-refractivity contribution in [3.8, 4) is 0 Å². The van der Waals surface area contributed by atoms with Gasteiger partial charge in [-0.15, -0.1) is 0 Å². The number of nitrogens with zero attached hydrogens (tertiary/aromatic N) is 2. The first-order valence-corrected chi connectivity index (χ1v) is 6.51. The van der Waals surface area contributed by atoms with Crippen molar-refractivity contribution in [3.05, 3.63) is 34.9 Å². The van der Waals surface area contributed by atoms with E-state index in [1.54, 1.807) is 4.90 Å². The summed E-state index contributed by atoms with van der Waals surface area (Å²) >= 11 is 7.33. The normalized spacial score (nSPS) is 26.8. The lowest BCUT2D eigenvalue weighted by molar-refractivity contribution is -0.127. The van der Waals surface area contributed by atoms with Gasteiger partial charge in [0.15, 0.2) is 11.3 Å². The van der Waals surface area contributed by atoms with Crippen LogP contribution in [0.25, 0.3) is 0 Å². The second kappa shape index (κ2) is 3.92. The lowest BCUT2D eigenvalue weighted by Crippen LogP contribution is -2.35. The molecule has 0 bridgehead atoms. The van der Waals surface area contributed by atoms with Crippen LogP contribution in [-0.4, -0.2) is 21.2 Å². The van der Waals surface area contributed by atoms with Gasteiger partial charge in [-0.2, -0.15) is 5.10 Å². The zero-order chi connectivity index (χ0) is 12.0. The molecule has 0 saturated carbocycles. The van der Waals surface area contributed by atoms with E-state index in [0.717, 1.165) is 10.7 Å². The Morgan fingerprint density at radius 2 is 2.12 bits per heavy atom. The topological polar surface area (TPSA) is 44.7 Å². The maximum atomic E-state index is 12.0. The second-order valence-corrected chi connectivity index (χ2v) is 5.69. The molecule has 2 aliphatic heterocycles. The Hall–Kier alpha value is -1.20. The minimum absolute atomic E-state index is 0.0503. The SMILES string of the molecule is CC1SC2=NNC(c3ccc(Cl)cc3)N2C1=O. The van der Waals surface area contributed by atoms with E-state index >= 15 is 0 Å². The summed E-state index contributed by atoms with van der Waals surface area (Å²) < 4.78 is 0. The molecule has 2 atom stereocenters. The number of thioether (sulfide) groups is 1. The number of amides is 1. The number of hydrogen-bond donors (Lipinski definition) is 1. The Labute approximate surface area is 108 Å². The first-order valence-electron chi connectivity index (χ1n) is 5.25. The van der Waals surface area contributed by atoms with Gasteiger partial charge in [0.2, 0.25) is 5.91 Å². The van der Waals surface area contributed by atoms with Crippen LogP contribution in [-0.2, 0) is 4.79 Å². The van der Waals surface area contributed by atoms with Crippen molar-refractivity contribution in [2.24, 2.45) is 5.10 Å². The van der Waals surface area contributed by atoms with Crippen LogP contribution in [0.3, 0.4) is 0 Å². The quantitative estimate of drug-likeness (QED) is 0.848. The molecular weight excluding hydrogens is 258 g/mol. The summed E-state index contributed by atoms with van der Waals surface area (Å²) in [4.78, 5) is 13.7. The predicted molar refractivity (Wildman–Crippen MR) is 68.7 cm³/mol. The molecule has 1 saturated heterocycles. The maximum absolute atomic E-state index is 12.0. The highest BCUT2D eigenvalue weighted by Gasteiger charge is 2.43. The molecule has 0 aromatic heterocycles. The van der Waals surface area contributed by atoms with Gasteiger partial charge in [0.25, 0.3) is 0 Å². The van der Waals surface area contributed by atoms with E-state index in [0.29, 0.717) is 5.02 Å². The molecule has 4 nitrogen and oxygen atoms in total. The van der Waals surface area contributed by atoms with Crippen molar-refractivity contribution < 1.29 is 4.79 Å². The summed E-state index contributed by atoms with van der Waals surface area (Å²) in [6, 6.07) is 7.43. The van der Waals surface area contributed by atoms with Gasteiger partial charge in [0.05, 0.1) is 5.25 Å². The van der Waals surface area contributed by atoms with Gasteiger partial charge in [0, 0.05) is 5.02 Å². The van der Waals surface area contributed by atoms with Crippen molar-refractivity contribution in [2.45, 2.75) is 18.3 Å². The average molecular weight is 268 g/mol. The van der Waals surface area contributed by atoms with E-state index in [1.807, 2.05) is 31.2 Å². The number of carbonyl (C=O) groups excluding carboxylic acids is 1. The Balaban J connectivity index is 1.92. The van der Waals surface area contributed by atoms with E-state index in [2.05, 4.69) is 10.5 Å². The molecule has 0 aliphatic carbocycles. The van der Waals surface area contributed by atoms with Crippen LogP contribution in [0.2, 0.25) is 5.02 Å². The van der Waals surface area contributed by atoms with E-state index in [-0.39, 0.29) is 17.3 Å². The van der Waals surface area contributed by atoms with Crippen molar-refractivity contribution in [1.29, 1.82) is 0 Å². The monoisotopic (exact) mass is 267 g/mol. The van der Waals surface area contributed by atoms with Gasteiger partial charge in [-0.3, -0.25) is 15.1 Å². The summed E-state index contributed by atoms with van der Waals surface area (Å²) in [6.45, 7) is 1.90. The van der Waals surface area contributed by atoms with Crippen LogP contribution >= 0.6 is 23.4 Å². The van der Waals surface area contributed by atoms with Crippen molar-refractivity contribution in [2.75, 3.05) is 0 Å². The number of hydrazone groups is 1. The zero-order valence-electron chi connectivity index (χ0n) is 9.05. The molecule has 1 amide bonds. The molecule has 6 heteroatoms. The minimum atomic E-state index is -0.202. The summed E-state index contributed by atoms with van der Waals surface area (Å²) in [5.41, 5.74) is 3.96. The molecule has 1 aromatic rings. The number of amidine groups is 1. The third-order valence-corrected chi connectivity index (χ3v) is 4.11. The minimum Gasteiger partial charge on any atom is -0.280 e. The number of nitrogens with one attached hydrogen (secondary N) is 1. The number of fused-ring (bicyclic) bond motifs is 1. The maximum Gasteiger partial charge on any atom is 0.243 e. The highest BCUT2D eigenvalue weighted by Crippen LogP contribution is 2.36. The number of benzene rings is 1. The molecule has 2 heterocycles. The largest absolute Gasteiger partial charge is 0.280 e. The number of halogens is 1. The third kappa shape index (κ3) is 1.70. The Kier molecular flexibility index (Phi) is 2.52. The fraction of sp³-hybridized carbons (Fsp3) is 0.273. The molecule has 3 rings (SSSR count). The third-order valence-electron chi connectivity index (χ3n) is 2.80. The predicted octanol–water partition coefficient (Wildman–Crippen LogP) is 2.18. The highest BCUT2D eigenvalue weighted by molar-refractivity contribution is 8.15. The highest BCUT2D eigenvalue weighted by atomic mass is 35.5. The lowest BCUT2D eigenvalue weighted by atomic mass is 10.1. The van der Waals surface area contributed by atoms with Crippen LogP contribution < -0.4 is 5.43 Å². The summed E-state index contributed by atoms with van der Waals surface area (Å²) in [7, 11) is 0.